The number of benzene rings is 1. The predicted molar refractivity (Wildman–Crippen MR) is 92.5 cm³/mol. The van der Waals surface area contributed by atoms with Gasteiger partial charge in [0.1, 0.15) is 0 Å². The van der Waals surface area contributed by atoms with Crippen molar-refractivity contribution >= 4 is 16.8 Å². The fourth-order valence-corrected chi connectivity index (χ4v) is 3.46. The van der Waals surface area contributed by atoms with Gasteiger partial charge in [-0.3, -0.25) is 14.2 Å². The lowest BCUT2D eigenvalue weighted by molar-refractivity contribution is 0.0971. The number of nitrogens with zero attached hydrogens (tertiary/aromatic N) is 3. The van der Waals surface area contributed by atoms with Crippen LogP contribution in [0.2, 0.25) is 0 Å². The highest BCUT2D eigenvalue weighted by Gasteiger charge is 2.28. The summed E-state index contributed by atoms with van der Waals surface area (Å²) >= 11 is 0. The molecule has 1 fully saturated rings. The molecule has 2 heterocycles. The van der Waals surface area contributed by atoms with E-state index < -0.39 is 0 Å². The van der Waals surface area contributed by atoms with Crippen LogP contribution in [0.1, 0.15) is 40.6 Å². The lowest BCUT2D eigenvalue weighted by atomic mass is 10.1. The molecule has 0 amide bonds. The predicted octanol–water partition coefficient (Wildman–Crippen LogP) is 3.03. The summed E-state index contributed by atoms with van der Waals surface area (Å²) in [6.45, 7) is 4.07. The van der Waals surface area contributed by atoms with E-state index >= 15 is 0 Å². The zero-order chi connectivity index (χ0) is 16.8. The molecule has 0 unspecified atom stereocenters. The second kappa shape index (κ2) is 5.44. The monoisotopic (exact) mass is 321 g/mol. The van der Waals surface area contributed by atoms with Crippen LogP contribution in [-0.2, 0) is 6.54 Å². The van der Waals surface area contributed by atoms with E-state index in [1.807, 2.05) is 44.2 Å². The van der Waals surface area contributed by atoms with Crippen molar-refractivity contribution in [2.75, 3.05) is 0 Å². The Morgan fingerprint density at radius 1 is 1.25 bits per heavy atom. The molecule has 122 valence electrons. The van der Waals surface area contributed by atoms with Crippen LogP contribution >= 0.6 is 0 Å². The average Bonchev–Trinajstić information content (AvgIpc) is 3.35. The van der Waals surface area contributed by atoms with E-state index in [4.69, 9.17) is 0 Å². The van der Waals surface area contributed by atoms with Gasteiger partial charge in [-0.15, -0.1) is 0 Å². The van der Waals surface area contributed by atoms with Gasteiger partial charge >= 0.3 is 0 Å². The number of Topliss-reactive ketones (excluding diaryl/α,β-unsaturated/α-hetero) is 1. The minimum absolute atomic E-state index is 0.0338. The Bertz CT molecular complexity index is 1010. The van der Waals surface area contributed by atoms with Crippen molar-refractivity contribution in [2.45, 2.75) is 39.3 Å². The molecule has 0 atom stereocenters. The van der Waals surface area contributed by atoms with E-state index in [1.54, 1.807) is 0 Å². The van der Waals surface area contributed by atoms with Crippen LogP contribution in [0.3, 0.4) is 0 Å². The highest BCUT2D eigenvalue weighted by molar-refractivity contribution is 5.98. The van der Waals surface area contributed by atoms with Crippen molar-refractivity contribution < 1.29 is 4.79 Å². The van der Waals surface area contributed by atoms with Crippen LogP contribution in [0.15, 0.2) is 41.3 Å². The van der Waals surface area contributed by atoms with Gasteiger partial charge in [0.25, 0.3) is 5.56 Å². The molecule has 0 N–H and O–H groups in total. The summed E-state index contributed by atoms with van der Waals surface area (Å²) in [6, 6.07) is 9.87. The third kappa shape index (κ3) is 2.37. The molecule has 0 radical (unpaired) electrons. The fraction of sp³-hybridized carbons (Fsp3) is 0.316. The summed E-state index contributed by atoms with van der Waals surface area (Å²) in [4.78, 5) is 29.2. The van der Waals surface area contributed by atoms with Crippen molar-refractivity contribution in [3.63, 3.8) is 0 Å². The zero-order valence-corrected chi connectivity index (χ0v) is 13.8. The second-order valence-corrected chi connectivity index (χ2v) is 6.48. The fourth-order valence-electron chi connectivity index (χ4n) is 3.46. The molecule has 1 aromatic carbocycles. The van der Waals surface area contributed by atoms with Gasteiger partial charge in [0, 0.05) is 23.0 Å². The number of aryl methyl sites for hydroxylation is 1. The molecule has 24 heavy (non-hydrogen) atoms. The van der Waals surface area contributed by atoms with Crippen LogP contribution in [0.4, 0.5) is 0 Å². The third-order valence-electron chi connectivity index (χ3n) is 4.75. The summed E-state index contributed by atoms with van der Waals surface area (Å²) in [5.41, 5.74) is 3.99. The smallest absolute Gasteiger partial charge is 0.269 e. The van der Waals surface area contributed by atoms with Crippen LogP contribution in [0.25, 0.3) is 11.0 Å². The molecular weight excluding hydrogens is 302 g/mol. The Morgan fingerprint density at radius 2 is 2.00 bits per heavy atom. The van der Waals surface area contributed by atoms with E-state index in [0.717, 1.165) is 11.4 Å². The molecule has 2 aromatic heterocycles. The minimum Gasteiger partial charge on any atom is -0.345 e. The summed E-state index contributed by atoms with van der Waals surface area (Å²) in [6.07, 6.45) is 3.64. The number of hydrogen-bond donors (Lipinski definition) is 0. The van der Waals surface area contributed by atoms with Gasteiger partial charge in [0.2, 0.25) is 0 Å². The number of carbonyl (C=O) groups excluding carboxylic acids is 1. The molecule has 0 aliphatic heterocycles. The lowest BCUT2D eigenvalue weighted by Crippen LogP contribution is -2.25. The van der Waals surface area contributed by atoms with Crippen molar-refractivity contribution in [3.8, 4) is 0 Å². The maximum absolute atomic E-state index is 12.8. The van der Waals surface area contributed by atoms with E-state index in [9.17, 15) is 9.59 Å². The molecule has 3 aromatic rings. The van der Waals surface area contributed by atoms with Crippen molar-refractivity contribution in [2.24, 2.45) is 0 Å². The number of rotatable bonds is 4. The van der Waals surface area contributed by atoms with Crippen LogP contribution in [-0.4, -0.2) is 19.9 Å². The molecule has 1 saturated carbocycles. The number of aromatic nitrogens is 3. The maximum atomic E-state index is 12.8. The first-order valence-electron chi connectivity index (χ1n) is 8.22. The van der Waals surface area contributed by atoms with Crippen molar-refractivity contribution in [3.05, 3.63) is 63.8 Å². The van der Waals surface area contributed by atoms with E-state index in [2.05, 4.69) is 9.55 Å². The van der Waals surface area contributed by atoms with E-state index in [1.165, 1.54) is 23.6 Å². The largest absolute Gasteiger partial charge is 0.345 e. The van der Waals surface area contributed by atoms with Gasteiger partial charge in [-0.25, -0.2) is 4.98 Å². The van der Waals surface area contributed by atoms with Crippen LogP contribution in [0, 0.1) is 13.8 Å². The van der Waals surface area contributed by atoms with Crippen molar-refractivity contribution in [1.82, 2.24) is 14.1 Å². The number of para-hydroxylation sites is 2. The first-order chi connectivity index (χ1) is 11.6. The molecule has 0 saturated heterocycles. The molecular formula is C19H19N3O2. The summed E-state index contributed by atoms with van der Waals surface area (Å²) in [7, 11) is 0. The first kappa shape index (κ1) is 14.9. The van der Waals surface area contributed by atoms with Gasteiger partial charge in [-0.1, -0.05) is 12.1 Å². The molecule has 0 bridgehead atoms. The summed E-state index contributed by atoms with van der Waals surface area (Å²) < 4.78 is 3.76. The van der Waals surface area contributed by atoms with Gasteiger partial charge in [0.05, 0.1) is 23.8 Å². The number of hydrogen-bond acceptors (Lipinski definition) is 3. The van der Waals surface area contributed by atoms with Crippen molar-refractivity contribution in [1.29, 1.82) is 0 Å². The maximum Gasteiger partial charge on any atom is 0.269 e. The quantitative estimate of drug-likeness (QED) is 0.694. The van der Waals surface area contributed by atoms with Gasteiger partial charge in [-0.2, -0.15) is 0 Å². The highest BCUT2D eigenvalue weighted by Crippen LogP contribution is 2.38. The molecule has 1 aliphatic carbocycles. The molecule has 5 heteroatoms. The normalized spacial score (nSPS) is 14.2. The van der Waals surface area contributed by atoms with Crippen LogP contribution in [0.5, 0.6) is 0 Å². The number of carbonyl (C=O) groups is 1. The standard InChI is InChI=1S/C19H19N3O2/c1-12-9-15(13(2)22(12)14-7-8-14)18(23)11-21-17-6-4-3-5-16(17)20-10-19(21)24/h3-6,9-10,14H,7-8,11H2,1-2H3. The number of fused-ring (bicyclic) bond motifs is 1. The Labute approximate surface area is 139 Å². The van der Waals surface area contributed by atoms with Gasteiger partial charge in [-0.05, 0) is 44.9 Å². The molecule has 1 aliphatic rings. The highest BCUT2D eigenvalue weighted by atomic mass is 16.1. The second-order valence-electron chi connectivity index (χ2n) is 6.48. The Morgan fingerprint density at radius 3 is 2.75 bits per heavy atom. The molecule has 5 nitrogen and oxygen atoms in total. The van der Waals surface area contributed by atoms with Crippen LogP contribution < -0.4 is 5.56 Å². The average molecular weight is 321 g/mol. The van der Waals surface area contributed by atoms with Gasteiger partial charge < -0.3 is 4.57 Å². The Hall–Kier alpha value is -2.69. The van der Waals surface area contributed by atoms with Gasteiger partial charge in [0.15, 0.2) is 5.78 Å². The first-order valence-corrected chi connectivity index (χ1v) is 8.22. The lowest BCUT2D eigenvalue weighted by Gasteiger charge is -2.10. The summed E-state index contributed by atoms with van der Waals surface area (Å²) in [5, 5.41) is 0. The minimum atomic E-state index is -0.252. The topological polar surface area (TPSA) is 56.9 Å². The summed E-state index contributed by atoms with van der Waals surface area (Å²) in [5.74, 6) is -0.0338. The molecule has 4 rings (SSSR count). The number of ketones is 1. The SMILES string of the molecule is Cc1cc(C(=O)Cn2c(=O)cnc3ccccc32)c(C)n1C1CC1. The van der Waals surface area contributed by atoms with E-state index in [0.29, 0.717) is 22.6 Å². The Kier molecular flexibility index (Phi) is 3.37. The Balaban J connectivity index is 1.74. The molecule has 0 spiro atoms. The zero-order valence-electron chi connectivity index (χ0n) is 13.8. The van der Waals surface area contributed by atoms with E-state index in [-0.39, 0.29) is 17.9 Å². The third-order valence-corrected chi connectivity index (χ3v) is 4.75.